The zero-order valence-corrected chi connectivity index (χ0v) is 12.7. The molecular weight excluding hydrogens is 278 g/mol. The molecule has 22 heavy (non-hydrogen) atoms. The van der Waals surface area contributed by atoms with Gasteiger partial charge in [-0.3, -0.25) is 4.68 Å². The summed E-state index contributed by atoms with van der Waals surface area (Å²) < 4.78 is 7.90. The fourth-order valence-electron chi connectivity index (χ4n) is 2.78. The van der Waals surface area contributed by atoms with Crippen LogP contribution in [0.15, 0.2) is 30.5 Å². The third-order valence-corrected chi connectivity index (χ3v) is 3.77. The van der Waals surface area contributed by atoms with Crippen molar-refractivity contribution in [3.63, 3.8) is 0 Å². The highest BCUT2D eigenvalue weighted by Crippen LogP contribution is 2.32. The molecule has 0 radical (unpaired) electrons. The van der Waals surface area contributed by atoms with Gasteiger partial charge >= 0.3 is 0 Å². The largest absolute Gasteiger partial charge is 0.370 e. The molecule has 2 atom stereocenters. The topological polar surface area (TPSA) is 75.8 Å². The summed E-state index contributed by atoms with van der Waals surface area (Å²) in [6.07, 6.45) is 2.65. The summed E-state index contributed by atoms with van der Waals surface area (Å²) >= 11 is 0. The number of hydrogen-bond acceptors (Lipinski definition) is 5. The van der Waals surface area contributed by atoms with Crippen LogP contribution in [0.5, 0.6) is 0 Å². The molecule has 1 saturated heterocycles. The Morgan fingerprint density at radius 3 is 3.05 bits per heavy atom. The van der Waals surface area contributed by atoms with Gasteiger partial charge in [-0.05, 0) is 38.5 Å². The van der Waals surface area contributed by atoms with Gasteiger partial charge in [-0.2, -0.15) is 10.4 Å². The number of aromatic nitrogens is 3. The molecule has 1 fully saturated rings. The predicted octanol–water partition coefficient (Wildman–Crippen LogP) is 2.67. The highest BCUT2D eigenvalue weighted by atomic mass is 16.5. The van der Waals surface area contributed by atoms with E-state index in [0.717, 1.165) is 12.1 Å². The SMILES string of the molecule is CC(C)n1nccc1[C@H]1OCC[C@@H]1Nc1cccc(C#N)n1. The van der Waals surface area contributed by atoms with Crippen molar-refractivity contribution in [2.75, 3.05) is 11.9 Å². The van der Waals surface area contributed by atoms with Gasteiger partial charge in [0.05, 0.1) is 11.7 Å². The first-order valence-corrected chi connectivity index (χ1v) is 7.47. The average molecular weight is 297 g/mol. The molecule has 1 aliphatic rings. The Labute approximate surface area is 129 Å². The second kappa shape index (κ2) is 6.16. The molecule has 3 heterocycles. The number of rotatable bonds is 4. The molecule has 2 aromatic rings. The Morgan fingerprint density at radius 2 is 2.27 bits per heavy atom. The second-order valence-electron chi connectivity index (χ2n) is 5.65. The van der Waals surface area contributed by atoms with Crippen molar-refractivity contribution >= 4 is 5.82 Å². The number of anilines is 1. The minimum Gasteiger partial charge on any atom is -0.370 e. The van der Waals surface area contributed by atoms with E-state index in [1.165, 1.54) is 0 Å². The first-order valence-electron chi connectivity index (χ1n) is 7.47. The summed E-state index contributed by atoms with van der Waals surface area (Å²) in [5, 5.41) is 16.7. The van der Waals surface area contributed by atoms with E-state index in [2.05, 4.69) is 35.3 Å². The summed E-state index contributed by atoms with van der Waals surface area (Å²) in [4.78, 5) is 4.28. The minimum atomic E-state index is -0.0579. The van der Waals surface area contributed by atoms with Crippen LogP contribution in [0.25, 0.3) is 0 Å². The van der Waals surface area contributed by atoms with Gasteiger partial charge in [0.25, 0.3) is 0 Å². The van der Waals surface area contributed by atoms with Crippen molar-refractivity contribution < 1.29 is 4.74 Å². The Hall–Kier alpha value is -2.39. The fraction of sp³-hybridized carbons (Fsp3) is 0.438. The summed E-state index contributed by atoms with van der Waals surface area (Å²) in [5.41, 5.74) is 1.48. The van der Waals surface area contributed by atoms with Crippen molar-refractivity contribution in [1.29, 1.82) is 5.26 Å². The molecule has 1 N–H and O–H groups in total. The van der Waals surface area contributed by atoms with Crippen LogP contribution in [0.4, 0.5) is 5.82 Å². The summed E-state index contributed by atoms with van der Waals surface area (Å²) in [5.74, 6) is 0.704. The smallest absolute Gasteiger partial charge is 0.142 e. The Balaban J connectivity index is 1.81. The zero-order valence-electron chi connectivity index (χ0n) is 12.7. The molecule has 0 amide bonds. The van der Waals surface area contributed by atoms with Crippen molar-refractivity contribution in [2.24, 2.45) is 0 Å². The number of pyridine rings is 1. The number of nitrogens with one attached hydrogen (secondary N) is 1. The highest BCUT2D eigenvalue weighted by molar-refractivity contribution is 5.40. The van der Waals surface area contributed by atoms with Gasteiger partial charge in [0.2, 0.25) is 0 Å². The van der Waals surface area contributed by atoms with Crippen molar-refractivity contribution in [1.82, 2.24) is 14.8 Å². The van der Waals surface area contributed by atoms with Crippen LogP contribution in [-0.4, -0.2) is 27.4 Å². The van der Waals surface area contributed by atoms with Crippen LogP contribution in [0, 0.1) is 11.3 Å². The zero-order chi connectivity index (χ0) is 15.5. The molecule has 0 aromatic carbocycles. The van der Waals surface area contributed by atoms with Gasteiger partial charge in [0.15, 0.2) is 0 Å². The van der Waals surface area contributed by atoms with Gasteiger partial charge in [0.1, 0.15) is 23.7 Å². The van der Waals surface area contributed by atoms with Crippen LogP contribution in [0.1, 0.15) is 43.8 Å². The first-order chi connectivity index (χ1) is 10.7. The molecule has 6 nitrogen and oxygen atoms in total. The average Bonchev–Trinajstić information content (AvgIpc) is 3.15. The number of ether oxygens (including phenoxy) is 1. The molecule has 0 bridgehead atoms. The minimum absolute atomic E-state index is 0.0579. The van der Waals surface area contributed by atoms with Crippen LogP contribution < -0.4 is 5.32 Å². The molecule has 3 rings (SSSR count). The third kappa shape index (κ3) is 2.81. The van der Waals surface area contributed by atoms with E-state index >= 15 is 0 Å². The van der Waals surface area contributed by atoms with Crippen molar-refractivity contribution in [2.45, 2.75) is 38.5 Å². The van der Waals surface area contributed by atoms with E-state index in [1.807, 2.05) is 29.1 Å². The quantitative estimate of drug-likeness (QED) is 0.939. The Morgan fingerprint density at radius 1 is 1.41 bits per heavy atom. The lowest BCUT2D eigenvalue weighted by molar-refractivity contribution is 0.0988. The monoisotopic (exact) mass is 297 g/mol. The number of hydrogen-bond donors (Lipinski definition) is 1. The van der Waals surface area contributed by atoms with E-state index in [-0.39, 0.29) is 18.2 Å². The Kier molecular flexibility index (Phi) is 4.07. The van der Waals surface area contributed by atoms with Gasteiger partial charge < -0.3 is 10.1 Å². The fourth-order valence-corrected chi connectivity index (χ4v) is 2.78. The van der Waals surface area contributed by atoms with Crippen LogP contribution in [-0.2, 0) is 4.74 Å². The normalized spacial score (nSPS) is 21.0. The predicted molar refractivity (Wildman–Crippen MR) is 82.3 cm³/mol. The van der Waals surface area contributed by atoms with E-state index in [0.29, 0.717) is 18.1 Å². The molecule has 2 aromatic heterocycles. The second-order valence-corrected chi connectivity index (χ2v) is 5.65. The number of nitriles is 1. The van der Waals surface area contributed by atoms with Gasteiger partial charge in [-0.25, -0.2) is 4.98 Å². The van der Waals surface area contributed by atoms with E-state index in [1.54, 1.807) is 6.07 Å². The van der Waals surface area contributed by atoms with Crippen molar-refractivity contribution in [3.05, 3.63) is 41.9 Å². The summed E-state index contributed by atoms with van der Waals surface area (Å²) in [7, 11) is 0. The van der Waals surface area contributed by atoms with Crippen LogP contribution in [0.3, 0.4) is 0 Å². The van der Waals surface area contributed by atoms with E-state index in [9.17, 15) is 0 Å². The highest BCUT2D eigenvalue weighted by Gasteiger charge is 2.32. The van der Waals surface area contributed by atoms with Crippen molar-refractivity contribution in [3.8, 4) is 6.07 Å². The molecule has 0 spiro atoms. The maximum atomic E-state index is 8.95. The molecule has 0 aliphatic carbocycles. The standard InChI is InChI=1S/C16H19N5O/c1-11(2)21-14(6-8-18-21)16-13(7-9-22-16)20-15-5-3-4-12(10-17)19-15/h3-6,8,11,13,16H,7,9H2,1-2H3,(H,19,20)/t13-,16-/m0/s1. The summed E-state index contributed by atoms with van der Waals surface area (Å²) in [6.45, 7) is 4.90. The molecule has 6 heteroatoms. The van der Waals surface area contributed by atoms with E-state index < -0.39 is 0 Å². The molecule has 0 unspecified atom stereocenters. The maximum Gasteiger partial charge on any atom is 0.142 e. The lowest BCUT2D eigenvalue weighted by Crippen LogP contribution is -2.26. The van der Waals surface area contributed by atoms with Gasteiger partial charge in [-0.15, -0.1) is 0 Å². The van der Waals surface area contributed by atoms with Crippen LogP contribution in [0.2, 0.25) is 0 Å². The molecule has 114 valence electrons. The van der Waals surface area contributed by atoms with Gasteiger partial charge in [-0.1, -0.05) is 6.07 Å². The lowest BCUT2D eigenvalue weighted by Gasteiger charge is -2.22. The molecule has 1 aliphatic heterocycles. The Bertz CT molecular complexity index is 688. The van der Waals surface area contributed by atoms with E-state index in [4.69, 9.17) is 10.00 Å². The lowest BCUT2D eigenvalue weighted by atomic mass is 10.1. The third-order valence-electron chi connectivity index (χ3n) is 3.77. The number of nitrogens with zero attached hydrogens (tertiary/aromatic N) is 4. The molecule has 0 saturated carbocycles. The van der Waals surface area contributed by atoms with Gasteiger partial charge in [0, 0.05) is 18.8 Å². The maximum absolute atomic E-state index is 8.95. The first kappa shape index (κ1) is 14.5. The molecular formula is C16H19N5O. The van der Waals surface area contributed by atoms with Crippen LogP contribution >= 0.6 is 0 Å². The summed E-state index contributed by atoms with van der Waals surface area (Å²) in [6, 6.07) is 9.87.